The molecular formula is C16H26N2S2. The molecular weight excluding hydrogens is 284 g/mol. The third-order valence-electron chi connectivity index (χ3n) is 3.95. The van der Waals surface area contributed by atoms with E-state index in [0.29, 0.717) is 22.5 Å². The molecule has 1 aliphatic rings. The molecule has 3 unspecified atom stereocenters. The fraction of sp³-hybridized carbons (Fsp3) is 0.625. The van der Waals surface area contributed by atoms with Crippen LogP contribution in [0.15, 0.2) is 24.3 Å². The van der Waals surface area contributed by atoms with Crippen molar-refractivity contribution in [1.29, 1.82) is 0 Å². The first-order valence-electron chi connectivity index (χ1n) is 7.40. The Morgan fingerprint density at radius 2 is 1.85 bits per heavy atom. The largest absolute Gasteiger partial charge is 0.271 e. The maximum absolute atomic E-state index is 5.82. The number of hydrazine groups is 1. The van der Waals surface area contributed by atoms with Gasteiger partial charge in [0.25, 0.3) is 0 Å². The Morgan fingerprint density at radius 3 is 2.40 bits per heavy atom. The van der Waals surface area contributed by atoms with Crippen LogP contribution in [0.1, 0.15) is 37.8 Å². The average Bonchev–Trinajstić information content (AvgIpc) is 2.46. The highest BCUT2D eigenvalue weighted by atomic mass is 32.2. The highest BCUT2D eigenvalue weighted by Crippen LogP contribution is 2.33. The number of hydrogen-bond acceptors (Lipinski definition) is 4. The maximum atomic E-state index is 5.82. The third kappa shape index (κ3) is 4.17. The summed E-state index contributed by atoms with van der Waals surface area (Å²) in [6, 6.07) is 9.36. The van der Waals surface area contributed by atoms with Crippen molar-refractivity contribution in [2.24, 2.45) is 5.84 Å². The number of hydrogen-bond donors (Lipinski definition) is 2. The monoisotopic (exact) mass is 310 g/mol. The van der Waals surface area contributed by atoms with Gasteiger partial charge in [0.2, 0.25) is 0 Å². The smallest absolute Gasteiger partial charge is 0.0380 e. The molecule has 0 bridgehead atoms. The van der Waals surface area contributed by atoms with Crippen LogP contribution in [0.5, 0.6) is 0 Å². The Hall–Kier alpha value is -0.160. The van der Waals surface area contributed by atoms with Crippen LogP contribution in [-0.4, -0.2) is 28.0 Å². The highest BCUT2D eigenvalue weighted by Gasteiger charge is 2.29. The Kier molecular flexibility index (Phi) is 6.27. The lowest BCUT2D eigenvalue weighted by atomic mass is 9.97. The second-order valence-electron chi connectivity index (χ2n) is 5.78. The van der Waals surface area contributed by atoms with Gasteiger partial charge in [0, 0.05) is 28.0 Å². The first-order valence-corrected chi connectivity index (χ1v) is 9.49. The molecule has 0 spiro atoms. The van der Waals surface area contributed by atoms with Crippen molar-refractivity contribution in [3.05, 3.63) is 35.4 Å². The summed E-state index contributed by atoms with van der Waals surface area (Å²) in [5.41, 5.74) is 5.83. The molecule has 2 nitrogen and oxygen atoms in total. The zero-order chi connectivity index (χ0) is 14.5. The molecule has 1 saturated heterocycles. The van der Waals surface area contributed by atoms with Gasteiger partial charge in [-0.15, -0.1) is 0 Å². The van der Waals surface area contributed by atoms with Crippen molar-refractivity contribution in [1.82, 2.24) is 5.43 Å². The van der Waals surface area contributed by atoms with Crippen molar-refractivity contribution in [3.63, 3.8) is 0 Å². The van der Waals surface area contributed by atoms with E-state index in [2.05, 4.69) is 74.0 Å². The van der Waals surface area contributed by atoms with Crippen molar-refractivity contribution in [2.75, 3.05) is 11.5 Å². The first kappa shape index (κ1) is 16.2. The molecule has 1 aromatic rings. The van der Waals surface area contributed by atoms with Gasteiger partial charge in [-0.25, -0.2) is 0 Å². The van der Waals surface area contributed by atoms with Crippen molar-refractivity contribution < 1.29 is 0 Å². The normalized spacial score (nSPS) is 24.9. The topological polar surface area (TPSA) is 38.0 Å². The van der Waals surface area contributed by atoms with E-state index in [0.717, 1.165) is 6.42 Å². The summed E-state index contributed by atoms with van der Waals surface area (Å²) in [5.74, 6) is 8.92. The summed E-state index contributed by atoms with van der Waals surface area (Å²) in [7, 11) is 0. The second-order valence-corrected chi connectivity index (χ2v) is 8.56. The number of rotatable bonds is 5. The van der Waals surface area contributed by atoms with Gasteiger partial charge in [0.1, 0.15) is 0 Å². The summed E-state index contributed by atoms with van der Waals surface area (Å²) in [4.78, 5) is 0. The minimum absolute atomic E-state index is 0.354. The predicted molar refractivity (Wildman–Crippen MR) is 93.5 cm³/mol. The van der Waals surface area contributed by atoms with E-state index in [1.54, 1.807) is 0 Å². The number of nitrogens with two attached hydrogens (primary N) is 1. The van der Waals surface area contributed by atoms with Crippen molar-refractivity contribution in [3.8, 4) is 0 Å². The van der Waals surface area contributed by atoms with Crippen LogP contribution < -0.4 is 11.3 Å². The predicted octanol–water partition coefficient (Wildman–Crippen LogP) is 3.42. The van der Waals surface area contributed by atoms with Crippen LogP contribution in [-0.2, 0) is 6.42 Å². The maximum Gasteiger partial charge on any atom is 0.0380 e. The summed E-state index contributed by atoms with van der Waals surface area (Å²) >= 11 is 4.14. The van der Waals surface area contributed by atoms with Crippen molar-refractivity contribution in [2.45, 2.75) is 49.7 Å². The van der Waals surface area contributed by atoms with Crippen molar-refractivity contribution >= 4 is 23.5 Å². The molecule has 0 aliphatic carbocycles. The van der Waals surface area contributed by atoms with Crippen LogP contribution in [0.4, 0.5) is 0 Å². The molecule has 1 heterocycles. The van der Waals surface area contributed by atoms with Gasteiger partial charge < -0.3 is 0 Å². The van der Waals surface area contributed by atoms with E-state index in [9.17, 15) is 0 Å². The van der Waals surface area contributed by atoms with Crippen LogP contribution in [0.25, 0.3) is 0 Å². The van der Waals surface area contributed by atoms with Gasteiger partial charge >= 0.3 is 0 Å². The Balaban J connectivity index is 2.01. The van der Waals surface area contributed by atoms with E-state index >= 15 is 0 Å². The van der Waals surface area contributed by atoms with Crippen LogP contribution in [0.3, 0.4) is 0 Å². The fourth-order valence-electron chi connectivity index (χ4n) is 2.65. The molecule has 0 aromatic heterocycles. The molecule has 1 fully saturated rings. The first-order chi connectivity index (χ1) is 9.61. The molecule has 2 rings (SSSR count). The molecule has 3 atom stereocenters. The van der Waals surface area contributed by atoms with E-state index in [1.807, 2.05) is 0 Å². The minimum Gasteiger partial charge on any atom is -0.271 e. The van der Waals surface area contributed by atoms with Gasteiger partial charge in [-0.1, -0.05) is 45.0 Å². The number of thioether (sulfide) groups is 2. The quantitative estimate of drug-likeness (QED) is 0.645. The van der Waals surface area contributed by atoms with E-state index in [1.165, 1.54) is 22.6 Å². The van der Waals surface area contributed by atoms with Crippen LogP contribution in [0, 0.1) is 0 Å². The van der Waals surface area contributed by atoms with Crippen LogP contribution >= 0.6 is 23.5 Å². The molecule has 20 heavy (non-hydrogen) atoms. The summed E-state index contributed by atoms with van der Waals surface area (Å²) < 4.78 is 0. The summed E-state index contributed by atoms with van der Waals surface area (Å²) in [6.45, 7) is 6.79. The molecule has 4 heteroatoms. The summed E-state index contributed by atoms with van der Waals surface area (Å²) in [6.07, 6.45) is 1.01. The molecule has 3 N–H and O–H groups in total. The van der Waals surface area contributed by atoms with Gasteiger partial charge in [-0.2, -0.15) is 23.5 Å². The lowest BCUT2D eigenvalue weighted by Gasteiger charge is -2.34. The Morgan fingerprint density at radius 1 is 1.20 bits per heavy atom. The Bertz CT molecular complexity index is 405. The fourth-order valence-corrected chi connectivity index (χ4v) is 5.60. The SMILES string of the molecule is CC(C)c1ccc(CC(NN)C2SCCSC2C)cc1. The van der Waals surface area contributed by atoms with E-state index in [-0.39, 0.29) is 0 Å². The highest BCUT2D eigenvalue weighted by molar-refractivity contribution is 8.07. The standard InChI is InChI=1S/C16H26N2S2/c1-11(2)14-6-4-13(5-7-14)10-15(18-17)16-12(3)19-8-9-20-16/h4-7,11-12,15-16,18H,8-10,17H2,1-3H3. The van der Waals surface area contributed by atoms with Gasteiger partial charge in [-0.3, -0.25) is 11.3 Å². The molecule has 1 aromatic carbocycles. The molecule has 112 valence electrons. The zero-order valence-electron chi connectivity index (χ0n) is 12.6. The molecule has 1 aliphatic heterocycles. The van der Waals surface area contributed by atoms with E-state index in [4.69, 9.17) is 5.84 Å². The van der Waals surface area contributed by atoms with Gasteiger partial charge in [0.05, 0.1) is 0 Å². The lowest BCUT2D eigenvalue weighted by Crippen LogP contribution is -2.48. The van der Waals surface area contributed by atoms with Gasteiger partial charge in [0.15, 0.2) is 0 Å². The third-order valence-corrected chi connectivity index (χ3v) is 7.20. The summed E-state index contributed by atoms with van der Waals surface area (Å²) in [5, 5.41) is 1.27. The van der Waals surface area contributed by atoms with E-state index < -0.39 is 0 Å². The minimum atomic E-state index is 0.354. The molecule has 0 amide bonds. The zero-order valence-corrected chi connectivity index (χ0v) is 14.3. The molecule has 0 saturated carbocycles. The number of nitrogens with one attached hydrogen (secondary N) is 1. The second kappa shape index (κ2) is 7.74. The van der Waals surface area contributed by atoms with Crippen LogP contribution in [0.2, 0.25) is 0 Å². The Labute approximate surface area is 131 Å². The average molecular weight is 311 g/mol. The van der Waals surface area contributed by atoms with Gasteiger partial charge in [-0.05, 0) is 23.5 Å². The lowest BCUT2D eigenvalue weighted by molar-refractivity contribution is 0.501. The number of benzene rings is 1. The molecule has 0 radical (unpaired) electrons.